The van der Waals surface area contributed by atoms with Crippen LogP contribution in [0.15, 0.2) is 30.5 Å². The molecule has 0 saturated heterocycles. The molecule has 0 aliphatic carbocycles. The second-order valence-electron chi connectivity index (χ2n) is 4.90. The number of carbonyl (C=O) groups excluding carboxylic acids is 1. The SMILES string of the molecule is Cc1ccc(C(=O)Nc2ccnn2C(C)C)c(NN)c1. The minimum Gasteiger partial charge on any atom is -0.323 e. The van der Waals surface area contributed by atoms with Crippen LogP contribution in [-0.2, 0) is 0 Å². The Labute approximate surface area is 117 Å². The van der Waals surface area contributed by atoms with Gasteiger partial charge in [0.15, 0.2) is 0 Å². The fraction of sp³-hybridized carbons (Fsp3) is 0.286. The fourth-order valence-electron chi connectivity index (χ4n) is 1.98. The molecule has 0 spiro atoms. The molecule has 0 fully saturated rings. The van der Waals surface area contributed by atoms with Gasteiger partial charge in [0.25, 0.3) is 5.91 Å². The van der Waals surface area contributed by atoms with Crippen molar-refractivity contribution >= 4 is 17.4 Å². The Morgan fingerprint density at radius 1 is 1.35 bits per heavy atom. The van der Waals surface area contributed by atoms with E-state index in [1.807, 2.05) is 32.9 Å². The number of nitrogen functional groups attached to an aromatic ring is 1. The van der Waals surface area contributed by atoms with Gasteiger partial charge in [-0.1, -0.05) is 6.07 Å². The van der Waals surface area contributed by atoms with Crippen LogP contribution in [0.25, 0.3) is 0 Å². The molecular formula is C14H19N5O. The first-order chi connectivity index (χ1) is 9.52. The maximum absolute atomic E-state index is 12.3. The molecule has 0 atom stereocenters. The highest BCUT2D eigenvalue weighted by Crippen LogP contribution is 2.19. The van der Waals surface area contributed by atoms with Gasteiger partial charge in [0, 0.05) is 12.1 Å². The van der Waals surface area contributed by atoms with Gasteiger partial charge in [-0.25, -0.2) is 4.68 Å². The van der Waals surface area contributed by atoms with Gasteiger partial charge in [-0.05, 0) is 38.5 Å². The normalized spacial score (nSPS) is 10.7. The van der Waals surface area contributed by atoms with Crippen molar-refractivity contribution in [2.45, 2.75) is 26.8 Å². The average Bonchev–Trinajstić information content (AvgIpc) is 2.86. The molecule has 1 amide bonds. The molecule has 0 aliphatic rings. The third-order valence-corrected chi connectivity index (χ3v) is 2.98. The zero-order chi connectivity index (χ0) is 14.7. The van der Waals surface area contributed by atoms with Crippen molar-refractivity contribution in [3.8, 4) is 0 Å². The van der Waals surface area contributed by atoms with E-state index in [-0.39, 0.29) is 11.9 Å². The van der Waals surface area contributed by atoms with Crippen LogP contribution in [0.4, 0.5) is 11.5 Å². The first kappa shape index (κ1) is 14.1. The predicted octanol–water partition coefficient (Wildman–Crippen LogP) is 2.31. The summed E-state index contributed by atoms with van der Waals surface area (Å²) in [7, 11) is 0. The first-order valence-electron chi connectivity index (χ1n) is 6.45. The summed E-state index contributed by atoms with van der Waals surface area (Å²) in [6, 6.07) is 7.38. The second kappa shape index (κ2) is 5.75. The number of hydrazine groups is 1. The van der Waals surface area contributed by atoms with Gasteiger partial charge in [0.1, 0.15) is 5.82 Å². The number of nitrogens with one attached hydrogen (secondary N) is 2. The molecule has 106 valence electrons. The zero-order valence-corrected chi connectivity index (χ0v) is 11.8. The molecule has 1 heterocycles. The number of hydrogen-bond donors (Lipinski definition) is 3. The van der Waals surface area contributed by atoms with E-state index < -0.39 is 0 Å². The van der Waals surface area contributed by atoms with Crippen LogP contribution in [0.2, 0.25) is 0 Å². The summed E-state index contributed by atoms with van der Waals surface area (Å²) in [5.41, 5.74) is 4.67. The van der Waals surface area contributed by atoms with E-state index in [0.717, 1.165) is 5.56 Å². The minimum absolute atomic E-state index is 0.172. The molecule has 2 aromatic rings. The molecule has 2 rings (SSSR count). The number of hydrogen-bond acceptors (Lipinski definition) is 4. The Balaban J connectivity index is 2.26. The van der Waals surface area contributed by atoms with Crippen molar-refractivity contribution in [1.82, 2.24) is 9.78 Å². The molecule has 0 bridgehead atoms. The summed E-state index contributed by atoms with van der Waals surface area (Å²) in [4.78, 5) is 12.3. The van der Waals surface area contributed by atoms with Gasteiger partial charge in [0.2, 0.25) is 0 Å². The Morgan fingerprint density at radius 2 is 2.10 bits per heavy atom. The largest absolute Gasteiger partial charge is 0.323 e. The number of amides is 1. The molecular weight excluding hydrogens is 254 g/mol. The van der Waals surface area contributed by atoms with Gasteiger partial charge in [0.05, 0.1) is 17.4 Å². The van der Waals surface area contributed by atoms with Crippen molar-refractivity contribution in [3.05, 3.63) is 41.6 Å². The summed E-state index contributed by atoms with van der Waals surface area (Å²) in [6.07, 6.45) is 1.66. The van der Waals surface area contributed by atoms with Crippen LogP contribution in [0.5, 0.6) is 0 Å². The lowest BCUT2D eigenvalue weighted by atomic mass is 10.1. The number of carbonyl (C=O) groups is 1. The van der Waals surface area contributed by atoms with E-state index >= 15 is 0 Å². The molecule has 1 aromatic carbocycles. The number of rotatable bonds is 4. The van der Waals surface area contributed by atoms with Crippen molar-refractivity contribution in [1.29, 1.82) is 0 Å². The summed E-state index contributed by atoms with van der Waals surface area (Å²) >= 11 is 0. The summed E-state index contributed by atoms with van der Waals surface area (Å²) in [5.74, 6) is 5.90. The maximum Gasteiger partial charge on any atom is 0.258 e. The van der Waals surface area contributed by atoms with E-state index in [4.69, 9.17) is 5.84 Å². The molecule has 0 aliphatic heterocycles. The van der Waals surface area contributed by atoms with E-state index in [1.165, 1.54) is 0 Å². The standard InChI is InChI=1S/C14H19N5O/c1-9(2)19-13(6-7-16-19)17-14(20)11-5-4-10(3)8-12(11)18-15/h4-9,18H,15H2,1-3H3,(H,17,20). The van der Waals surface area contributed by atoms with Crippen molar-refractivity contribution in [2.24, 2.45) is 5.84 Å². The Hall–Kier alpha value is -2.34. The molecule has 20 heavy (non-hydrogen) atoms. The van der Waals surface area contributed by atoms with Gasteiger partial charge in [-0.2, -0.15) is 5.10 Å². The van der Waals surface area contributed by atoms with Gasteiger partial charge < -0.3 is 10.7 Å². The number of anilines is 2. The first-order valence-corrected chi connectivity index (χ1v) is 6.45. The number of nitrogens with zero attached hydrogens (tertiary/aromatic N) is 2. The molecule has 1 aromatic heterocycles. The lowest BCUT2D eigenvalue weighted by Gasteiger charge is -2.13. The zero-order valence-electron chi connectivity index (χ0n) is 11.8. The Bertz CT molecular complexity index is 618. The number of aromatic nitrogens is 2. The third kappa shape index (κ3) is 2.80. The van der Waals surface area contributed by atoms with Crippen LogP contribution >= 0.6 is 0 Å². The lowest BCUT2D eigenvalue weighted by molar-refractivity contribution is 0.102. The van der Waals surface area contributed by atoms with E-state index in [9.17, 15) is 4.79 Å². The molecule has 4 N–H and O–H groups in total. The summed E-state index contributed by atoms with van der Waals surface area (Å²) in [6.45, 7) is 5.94. The van der Waals surface area contributed by atoms with E-state index in [1.54, 1.807) is 23.0 Å². The van der Waals surface area contributed by atoms with Crippen molar-refractivity contribution in [3.63, 3.8) is 0 Å². The van der Waals surface area contributed by atoms with Crippen LogP contribution in [0.3, 0.4) is 0 Å². The monoisotopic (exact) mass is 273 g/mol. The number of nitrogens with two attached hydrogens (primary N) is 1. The van der Waals surface area contributed by atoms with Gasteiger partial charge in [-0.15, -0.1) is 0 Å². The van der Waals surface area contributed by atoms with Gasteiger partial charge >= 0.3 is 0 Å². The maximum atomic E-state index is 12.3. The smallest absolute Gasteiger partial charge is 0.258 e. The van der Waals surface area contributed by atoms with Gasteiger partial charge in [-0.3, -0.25) is 10.6 Å². The average molecular weight is 273 g/mol. The molecule has 6 nitrogen and oxygen atoms in total. The predicted molar refractivity (Wildman–Crippen MR) is 79.6 cm³/mol. The second-order valence-corrected chi connectivity index (χ2v) is 4.90. The Kier molecular flexibility index (Phi) is 4.05. The molecule has 6 heteroatoms. The Morgan fingerprint density at radius 3 is 2.75 bits per heavy atom. The third-order valence-electron chi connectivity index (χ3n) is 2.98. The molecule has 0 radical (unpaired) electrons. The van der Waals surface area contributed by atoms with Crippen LogP contribution in [0, 0.1) is 6.92 Å². The van der Waals surface area contributed by atoms with E-state index in [0.29, 0.717) is 17.1 Å². The minimum atomic E-state index is -0.222. The summed E-state index contributed by atoms with van der Waals surface area (Å²) < 4.78 is 1.75. The number of benzene rings is 1. The highest BCUT2D eigenvalue weighted by Gasteiger charge is 2.14. The molecule has 0 unspecified atom stereocenters. The highest BCUT2D eigenvalue weighted by atomic mass is 16.1. The van der Waals surface area contributed by atoms with Crippen molar-refractivity contribution < 1.29 is 4.79 Å². The number of aryl methyl sites for hydroxylation is 1. The van der Waals surface area contributed by atoms with Crippen molar-refractivity contribution in [2.75, 3.05) is 10.7 Å². The van der Waals surface area contributed by atoms with Crippen LogP contribution < -0.4 is 16.6 Å². The lowest BCUT2D eigenvalue weighted by Crippen LogP contribution is -2.19. The summed E-state index contributed by atoms with van der Waals surface area (Å²) in [5, 5.41) is 7.03. The topological polar surface area (TPSA) is 85.0 Å². The fourth-order valence-corrected chi connectivity index (χ4v) is 1.98. The molecule has 0 saturated carbocycles. The quantitative estimate of drug-likeness (QED) is 0.589. The van der Waals surface area contributed by atoms with E-state index in [2.05, 4.69) is 15.8 Å². The van der Waals surface area contributed by atoms with Crippen LogP contribution in [-0.4, -0.2) is 15.7 Å². The van der Waals surface area contributed by atoms with Crippen LogP contribution in [0.1, 0.15) is 35.8 Å². The highest BCUT2D eigenvalue weighted by molar-refractivity contribution is 6.07.